The quantitative estimate of drug-likeness (QED) is 0.814. The van der Waals surface area contributed by atoms with Crippen LogP contribution < -0.4 is 10.3 Å². The molecule has 0 fully saturated rings. The molecular formula is C13H13N3O3S. The number of thiol groups is 1. The number of hydrogen-bond acceptors (Lipinski definition) is 4. The number of imide groups is 1. The smallest absolute Gasteiger partial charge is 0.274 e. The Morgan fingerprint density at radius 2 is 1.90 bits per heavy atom. The number of nitrogens with zero attached hydrogens (tertiary/aromatic N) is 2. The Morgan fingerprint density at radius 1 is 1.25 bits per heavy atom. The molecule has 0 saturated heterocycles. The van der Waals surface area contributed by atoms with Crippen LogP contribution in [0.5, 0.6) is 0 Å². The maximum Gasteiger partial charge on any atom is 0.289 e. The third-order valence-electron chi connectivity index (χ3n) is 2.87. The minimum atomic E-state index is -0.632. The topological polar surface area (TPSA) is 78.8 Å². The number of amides is 3. The van der Waals surface area contributed by atoms with Crippen LogP contribution in [-0.2, 0) is 9.59 Å². The van der Waals surface area contributed by atoms with E-state index in [1.807, 2.05) is 0 Å². The van der Waals surface area contributed by atoms with Crippen molar-refractivity contribution in [1.82, 2.24) is 5.43 Å². The SMILES string of the molecule is CC(=O)N(C(=O)S)c1ccc(C2=NNC(=O)CC2)cc1. The maximum absolute atomic E-state index is 11.4. The molecule has 1 N–H and O–H groups in total. The molecule has 0 bridgehead atoms. The van der Waals surface area contributed by atoms with Crippen molar-refractivity contribution in [3.63, 3.8) is 0 Å². The van der Waals surface area contributed by atoms with E-state index in [9.17, 15) is 14.4 Å². The molecule has 20 heavy (non-hydrogen) atoms. The van der Waals surface area contributed by atoms with Gasteiger partial charge < -0.3 is 0 Å². The van der Waals surface area contributed by atoms with Gasteiger partial charge in [0.15, 0.2) is 0 Å². The molecule has 3 amide bonds. The average molecular weight is 291 g/mol. The van der Waals surface area contributed by atoms with Gasteiger partial charge in [0, 0.05) is 19.8 Å². The van der Waals surface area contributed by atoms with Gasteiger partial charge in [0.2, 0.25) is 11.8 Å². The Kier molecular flexibility index (Phi) is 4.19. The van der Waals surface area contributed by atoms with Crippen molar-refractivity contribution in [3.05, 3.63) is 29.8 Å². The highest BCUT2D eigenvalue weighted by Crippen LogP contribution is 2.19. The van der Waals surface area contributed by atoms with E-state index in [-0.39, 0.29) is 5.91 Å². The van der Waals surface area contributed by atoms with Crippen molar-refractivity contribution in [1.29, 1.82) is 0 Å². The third-order valence-corrected chi connectivity index (χ3v) is 3.07. The van der Waals surface area contributed by atoms with Crippen LogP contribution >= 0.6 is 12.6 Å². The first-order valence-corrected chi connectivity index (χ1v) is 6.43. The lowest BCUT2D eigenvalue weighted by molar-refractivity contribution is -0.121. The predicted molar refractivity (Wildman–Crippen MR) is 77.9 cm³/mol. The highest BCUT2D eigenvalue weighted by Gasteiger charge is 2.18. The summed E-state index contributed by atoms with van der Waals surface area (Å²) < 4.78 is 0. The van der Waals surface area contributed by atoms with Gasteiger partial charge in [-0.05, 0) is 17.7 Å². The van der Waals surface area contributed by atoms with Crippen LogP contribution in [0.15, 0.2) is 29.4 Å². The molecule has 6 nitrogen and oxygen atoms in total. The molecular weight excluding hydrogens is 278 g/mol. The number of benzene rings is 1. The summed E-state index contributed by atoms with van der Waals surface area (Å²) in [7, 11) is 0. The highest BCUT2D eigenvalue weighted by molar-refractivity contribution is 7.97. The van der Waals surface area contributed by atoms with Crippen molar-refractivity contribution < 1.29 is 14.4 Å². The van der Waals surface area contributed by atoms with Crippen LogP contribution in [0.1, 0.15) is 25.3 Å². The Hall–Kier alpha value is -2.15. The minimum Gasteiger partial charge on any atom is -0.274 e. The van der Waals surface area contributed by atoms with Crippen molar-refractivity contribution in [2.24, 2.45) is 5.10 Å². The highest BCUT2D eigenvalue weighted by atomic mass is 32.1. The molecule has 1 aromatic carbocycles. The van der Waals surface area contributed by atoms with E-state index in [4.69, 9.17) is 0 Å². The molecule has 1 aromatic rings. The monoisotopic (exact) mass is 291 g/mol. The first kappa shape index (κ1) is 14.3. The van der Waals surface area contributed by atoms with Gasteiger partial charge >= 0.3 is 0 Å². The molecule has 1 aliphatic heterocycles. The molecule has 1 aliphatic rings. The lowest BCUT2D eigenvalue weighted by Gasteiger charge is -2.17. The normalized spacial score (nSPS) is 14.3. The molecule has 104 valence electrons. The van der Waals surface area contributed by atoms with Crippen LogP contribution in [0, 0.1) is 0 Å². The first-order chi connectivity index (χ1) is 9.49. The van der Waals surface area contributed by atoms with Crippen molar-refractivity contribution in [2.75, 3.05) is 4.90 Å². The molecule has 7 heteroatoms. The van der Waals surface area contributed by atoms with Crippen LogP contribution in [0.3, 0.4) is 0 Å². The second-order valence-corrected chi connectivity index (χ2v) is 4.66. The van der Waals surface area contributed by atoms with Crippen LogP contribution in [-0.4, -0.2) is 22.8 Å². The second kappa shape index (κ2) is 5.87. The zero-order chi connectivity index (χ0) is 14.7. The van der Waals surface area contributed by atoms with Crippen molar-refractivity contribution in [2.45, 2.75) is 19.8 Å². The Labute approximate surface area is 121 Å². The van der Waals surface area contributed by atoms with E-state index < -0.39 is 11.1 Å². The zero-order valence-electron chi connectivity index (χ0n) is 10.8. The fourth-order valence-electron chi connectivity index (χ4n) is 1.91. The fraction of sp³-hybridized carbons (Fsp3) is 0.231. The summed E-state index contributed by atoms with van der Waals surface area (Å²) in [6.07, 6.45) is 0.961. The Bertz CT molecular complexity index is 581. The number of anilines is 1. The van der Waals surface area contributed by atoms with Crippen LogP contribution in [0.4, 0.5) is 10.5 Å². The first-order valence-electron chi connectivity index (χ1n) is 5.98. The van der Waals surface area contributed by atoms with E-state index in [0.717, 1.165) is 16.2 Å². The van der Waals surface area contributed by atoms with Gasteiger partial charge in [0.1, 0.15) is 0 Å². The molecule has 0 aliphatic carbocycles. The van der Waals surface area contributed by atoms with E-state index in [1.165, 1.54) is 6.92 Å². The number of hydrazone groups is 1. The number of hydrogen-bond donors (Lipinski definition) is 2. The van der Waals surface area contributed by atoms with E-state index in [1.54, 1.807) is 24.3 Å². The van der Waals surface area contributed by atoms with Crippen molar-refractivity contribution >= 4 is 41.1 Å². The summed E-state index contributed by atoms with van der Waals surface area (Å²) in [4.78, 5) is 34.7. The molecule has 0 radical (unpaired) electrons. The molecule has 0 aromatic heterocycles. The van der Waals surface area contributed by atoms with Gasteiger partial charge in [-0.25, -0.2) is 10.3 Å². The summed E-state index contributed by atoms with van der Waals surface area (Å²) in [5, 5.41) is 3.35. The largest absolute Gasteiger partial charge is 0.289 e. The summed E-state index contributed by atoms with van der Waals surface area (Å²) in [5.41, 5.74) is 4.47. The molecule has 0 atom stereocenters. The average Bonchev–Trinajstić information content (AvgIpc) is 2.40. The van der Waals surface area contributed by atoms with Gasteiger partial charge in [-0.1, -0.05) is 24.8 Å². The van der Waals surface area contributed by atoms with E-state index in [0.29, 0.717) is 18.5 Å². The lowest BCUT2D eigenvalue weighted by atomic mass is 10.0. The van der Waals surface area contributed by atoms with Crippen LogP contribution in [0.25, 0.3) is 0 Å². The summed E-state index contributed by atoms with van der Waals surface area (Å²) in [6.45, 7) is 1.29. The molecule has 0 unspecified atom stereocenters. The number of rotatable bonds is 2. The predicted octanol–water partition coefficient (Wildman–Crippen LogP) is 1.70. The summed E-state index contributed by atoms with van der Waals surface area (Å²) in [6, 6.07) is 6.78. The maximum atomic E-state index is 11.4. The van der Waals surface area contributed by atoms with Gasteiger partial charge in [0.25, 0.3) is 5.24 Å². The minimum absolute atomic E-state index is 0.103. The van der Waals surface area contributed by atoms with E-state index in [2.05, 4.69) is 23.2 Å². The zero-order valence-corrected chi connectivity index (χ0v) is 11.7. The standard InChI is InChI=1S/C13H13N3O3S/c1-8(17)16(13(19)20)10-4-2-9(3-5-10)11-6-7-12(18)15-14-11/h2-5H,6-7H2,1H3,(H,15,18)(H,19,20). The van der Waals surface area contributed by atoms with E-state index >= 15 is 0 Å². The Morgan fingerprint density at radius 3 is 2.35 bits per heavy atom. The number of carbonyl (C=O) groups is 3. The lowest BCUT2D eigenvalue weighted by Crippen LogP contribution is -2.30. The Balaban J connectivity index is 2.24. The number of carbonyl (C=O) groups excluding carboxylic acids is 3. The molecule has 1 heterocycles. The van der Waals surface area contributed by atoms with Crippen molar-refractivity contribution in [3.8, 4) is 0 Å². The molecule has 0 spiro atoms. The summed E-state index contributed by atoms with van der Waals surface area (Å²) in [5.74, 6) is -0.506. The van der Waals surface area contributed by atoms with Gasteiger partial charge in [0.05, 0.1) is 11.4 Å². The van der Waals surface area contributed by atoms with Gasteiger partial charge in [-0.15, -0.1) is 0 Å². The second-order valence-electron chi connectivity index (χ2n) is 4.28. The summed E-state index contributed by atoms with van der Waals surface area (Å²) >= 11 is 3.68. The van der Waals surface area contributed by atoms with Gasteiger partial charge in [-0.2, -0.15) is 5.10 Å². The molecule has 0 saturated carbocycles. The fourth-order valence-corrected chi connectivity index (χ4v) is 2.17. The molecule has 2 rings (SSSR count). The third kappa shape index (κ3) is 3.05. The van der Waals surface area contributed by atoms with Gasteiger partial charge in [-0.3, -0.25) is 14.4 Å². The van der Waals surface area contributed by atoms with Crippen LogP contribution in [0.2, 0.25) is 0 Å². The number of nitrogens with one attached hydrogen (secondary N) is 1.